The molecule has 2 aromatic heterocycles. The molecule has 0 saturated heterocycles. The highest BCUT2D eigenvalue weighted by Crippen LogP contribution is 2.26. The molecule has 3 rings (SSSR count). The Morgan fingerprint density at radius 3 is 2.55 bits per heavy atom. The first-order valence-electron chi connectivity index (χ1n) is 6.34. The minimum absolute atomic E-state index is 0.109. The molecule has 0 unspecified atom stereocenters. The fourth-order valence-electron chi connectivity index (χ4n) is 2.67. The third-order valence-corrected chi connectivity index (χ3v) is 4.07. The number of hydrogen-bond donors (Lipinski definition) is 0. The van der Waals surface area contributed by atoms with E-state index in [0.29, 0.717) is 23.3 Å². The third kappa shape index (κ3) is 1.44. The Bertz CT molecular complexity index is 944. The van der Waals surface area contributed by atoms with Crippen LogP contribution in [0, 0.1) is 18.3 Å². The topological polar surface area (TPSA) is 50.2 Å². The number of halogens is 1. The van der Waals surface area contributed by atoms with Crippen molar-refractivity contribution >= 4 is 28.3 Å². The summed E-state index contributed by atoms with van der Waals surface area (Å²) in [6, 6.07) is 9.77. The Labute approximate surface area is 120 Å². The summed E-state index contributed by atoms with van der Waals surface area (Å²) in [6.07, 6.45) is 0. The highest BCUT2D eigenvalue weighted by Gasteiger charge is 2.19. The van der Waals surface area contributed by atoms with Gasteiger partial charge in [-0.05, 0) is 31.5 Å². The van der Waals surface area contributed by atoms with Gasteiger partial charge in [-0.1, -0.05) is 23.7 Å². The number of benzene rings is 1. The van der Waals surface area contributed by atoms with Crippen molar-refractivity contribution < 1.29 is 0 Å². The zero-order chi connectivity index (χ0) is 14.4. The van der Waals surface area contributed by atoms with Crippen molar-refractivity contribution in [2.45, 2.75) is 20.4 Å². The number of para-hydroxylation sites is 2. The quantitative estimate of drug-likeness (QED) is 0.690. The van der Waals surface area contributed by atoms with Crippen molar-refractivity contribution in [2.24, 2.45) is 0 Å². The van der Waals surface area contributed by atoms with Crippen LogP contribution in [0.1, 0.15) is 18.1 Å². The highest BCUT2D eigenvalue weighted by molar-refractivity contribution is 6.31. The Balaban J connectivity index is 2.78. The lowest BCUT2D eigenvalue weighted by atomic mass is 10.1. The van der Waals surface area contributed by atoms with E-state index in [1.807, 2.05) is 35.8 Å². The smallest absolute Gasteiger partial charge is 0.275 e. The monoisotopic (exact) mass is 285 g/mol. The summed E-state index contributed by atoms with van der Waals surface area (Å²) in [7, 11) is 0. The van der Waals surface area contributed by atoms with Gasteiger partial charge in [0, 0.05) is 6.54 Å². The molecule has 0 bridgehead atoms. The molecule has 0 aliphatic heterocycles. The molecule has 0 aliphatic carbocycles. The molecule has 4 nitrogen and oxygen atoms in total. The predicted octanol–water partition coefficient (Wildman–Crippen LogP) is 3.11. The maximum Gasteiger partial charge on any atom is 0.275 e. The van der Waals surface area contributed by atoms with Crippen molar-refractivity contribution in [2.75, 3.05) is 0 Å². The van der Waals surface area contributed by atoms with Crippen LogP contribution >= 0.6 is 11.6 Å². The van der Waals surface area contributed by atoms with Crippen LogP contribution in [0.3, 0.4) is 0 Å². The maximum absolute atomic E-state index is 12.5. The molecule has 0 fully saturated rings. The number of pyridine rings is 1. The molecule has 20 heavy (non-hydrogen) atoms. The van der Waals surface area contributed by atoms with E-state index in [9.17, 15) is 10.1 Å². The fraction of sp³-hybridized carbons (Fsp3) is 0.200. The van der Waals surface area contributed by atoms with Crippen LogP contribution in [0.25, 0.3) is 16.7 Å². The van der Waals surface area contributed by atoms with Gasteiger partial charge < -0.3 is 4.57 Å². The first kappa shape index (κ1) is 12.8. The molecule has 5 heteroatoms. The zero-order valence-corrected chi connectivity index (χ0v) is 11.9. The lowest BCUT2D eigenvalue weighted by molar-refractivity contribution is 0.811. The van der Waals surface area contributed by atoms with E-state index in [1.54, 1.807) is 6.92 Å². The number of imidazole rings is 1. The second-order valence-corrected chi connectivity index (χ2v) is 5.00. The molecular weight excluding hydrogens is 274 g/mol. The van der Waals surface area contributed by atoms with Crippen molar-refractivity contribution in [3.63, 3.8) is 0 Å². The number of hydrogen-bond acceptors (Lipinski definition) is 2. The van der Waals surface area contributed by atoms with Crippen molar-refractivity contribution in [3.05, 3.63) is 50.8 Å². The summed E-state index contributed by atoms with van der Waals surface area (Å²) >= 11 is 6.10. The van der Waals surface area contributed by atoms with Gasteiger partial charge in [0.25, 0.3) is 5.56 Å². The largest absolute Gasteiger partial charge is 0.325 e. The minimum Gasteiger partial charge on any atom is -0.325 e. The Morgan fingerprint density at radius 2 is 1.95 bits per heavy atom. The lowest BCUT2D eigenvalue weighted by Crippen LogP contribution is -2.17. The van der Waals surface area contributed by atoms with E-state index in [-0.39, 0.29) is 10.6 Å². The van der Waals surface area contributed by atoms with Crippen LogP contribution in [-0.2, 0) is 6.54 Å². The van der Waals surface area contributed by atoms with Gasteiger partial charge in [0.05, 0.1) is 16.6 Å². The van der Waals surface area contributed by atoms with Gasteiger partial charge in [0.2, 0.25) is 0 Å². The van der Waals surface area contributed by atoms with Crippen molar-refractivity contribution in [1.29, 1.82) is 5.26 Å². The van der Waals surface area contributed by atoms with Crippen LogP contribution < -0.4 is 5.56 Å². The molecule has 0 N–H and O–H groups in total. The SMILES string of the molecule is CCn1c2ccccc2n2c(=O)c(Cl)c(C)c(C#N)c12. The van der Waals surface area contributed by atoms with Crippen LogP contribution in [0.2, 0.25) is 5.02 Å². The summed E-state index contributed by atoms with van der Waals surface area (Å²) in [6.45, 7) is 4.37. The second kappa shape index (κ2) is 4.39. The first-order chi connectivity index (χ1) is 9.61. The molecule has 2 heterocycles. The van der Waals surface area contributed by atoms with Gasteiger partial charge in [0.1, 0.15) is 16.7 Å². The van der Waals surface area contributed by atoms with E-state index < -0.39 is 0 Å². The number of aryl methyl sites for hydroxylation is 1. The molecule has 0 atom stereocenters. The van der Waals surface area contributed by atoms with Crippen molar-refractivity contribution in [3.8, 4) is 6.07 Å². The van der Waals surface area contributed by atoms with Gasteiger partial charge in [-0.2, -0.15) is 5.26 Å². The average Bonchev–Trinajstić information content (AvgIpc) is 2.79. The molecule has 0 aliphatic rings. The number of rotatable bonds is 1. The van der Waals surface area contributed by atoms with E-state index in [2.05, 4.69) is 6.07 Å². The number of aromatic nitrogens is 2. The fourth-order valence-corrected chi connectivity index (χ4v) is 2.85. The van der Waals surface area contributed by atoms with E-state index in [4.69, 9.17) is 11.6 Å². The Kier molecular flexibility index (Phi) is 2.81. The zero-order valence-electron chi connectivity index (χ0n) is 11.1. The van der Waals surface area contributed by atoms with Crippen LogP contribution in [0.4, 0.5) is 0 Å². The molecule has 3 aromatic rings. The number of nitriles is 1. The summed E-state index contributed by atoms with van der Waals surface area (Å²) in [4.78, 5) is 12.5. The van der Waals surface area contributed by atoms with Gasteiger partial charge in [-0.15, -0.1) is 0 Å². The summed E-state index contributed by atoms with van der Waals surface area (Å²) in [5.41, 5.74) is 3.02. The Hall–Kier alpha value is -2.25. The van der Waals surface area contributed by atoms with E-state index >= 15 is 0 Å². The standard InChI is InChI=1S/C15H12ClN3O/c1-3-18-11-6-4-5-7-12(11)19-14(18)10(8-17)9(2)13(16)15(19)20/h4-7H,3H2,1-2H3. The van der Waals surface area contributed by atoms with Crippen LogP contribution in [0.5, 0.6) is 0 Å². The number of nitrogens with zero attached hydrogens (tertiary/aromatic N) is 3. The van der Waals surface area contributed by atoms with Gasteiger partial charge >= 0.3 is 0 Å². The summed E-state index contributed by atoms with van der Waals surface area (Å²) < 4.78 is 3.51. The first-order valence-corrected chi connectivity index (χ1v) is 6.71. The normalized spacial score (nSPS) is 11.1. The van der Waals surface area contributed by atoms with Gasteiger partial charge in [-0.3, -0.25) is 9.20 Å². The van der Waals surface area contributed by atoms with Gasteiger partial charge in [-0.25, -0.2) is 0 Å². The summed E-state index contributed by atoms with van der Waals surface area (Å²) in [5, 5.41) is 9.55. The molecular formula is C15H12ClN3O. The molecule has 100 valence electrons. The van der Waals surface area contributed by atoms with Crippen LogP contribution in [-0.4, -0.2) is 8.97 Å². The van der Waals surface area contributed by atoms with Crippen LogP contribution in [0.15, 0.2) is 29.1 Å². The van der Waals surface area contributed by atoms with E-state index in [1.165, 1.54) is 4.40 Å². The maximum atomic E-state index is 12.5. The molecule has 0 radical (unpaired) electrons. The molecule has 0 spiro atoms. The van der Waals surface area contributed by atoms with Gasteiger partial charge in [0.15, 0.2) is 0 Å². The molecule has 1 aromatic carbocycles. The number of fused-ring (bicyclic) bond motifs is 3. The minimum atomic E-state index is -0.276. The predicted molar refractivity (Wildman–Crippen MR) is 79.3 cm³/mol. The lowest BCUT2D eigenvalue weighted by Gasteiger charge is -2.07. The average molecular weight is 286 g/mol. The summed E-state index contributed by atoms with van der Waals surface area (Å²) in [5.74, 6) is 0. The van der Waals surface area contributed by atoms with Crippen molar-refractivity contribution in [1.82, 2.24) is 8.97 Å². The Morgan fingerprint density at radius 1 is 1.30 bits per heavy atom. The third-order valence-electron chi connectivity index (χ3n) is 3.63. The van der Waals surface area contributed by atoms with E-state index in [0.717, 1.165) is 11.0 Å². The molecule has 0 saturated carbocycles. The second-order valence-electron chi connectivity index (χ2n) is 4.62. The molecule has 0 amide bonds. The highest BCUT2D eigenvalue weighted by atomic mass is 35.5.